The first-order valence-electron chi connectivity index (χ1n) is 25.2. The van der Waals surface area contributed by atoms with Gasteiger partial charge in [0.1, 0.15) is 6.10 Å². The van der Waals surface area contributed by atoms with Crippen molar-refractivity contribution in [3.8, 4) is 0 Å². The zero-order valence-electron chi connectivity index (χ0n) is 41.3. The summed E-state index contributed by atoms with van der Waals surface area (Å²) in [6, 6.07) is 0. The van der Waals surface area contributed by atoms with Gasteiger partial charge in [0.2, 0.25) is 0 Å². The van der Waals surface area contributed by atoms with E-state index in [0.717, 1.165) is 18.4 Å². The minimum absolute atomic E-state index is 0.0274. The predicted molar refractivity (Wildman–Crippen MR) is 258 cm³/mol. The van der Waals surface area contributed by atoms with Crippen molar-refractivity contribution in [3.63, 3.8) is 0 Å². The van der Waals surface area contributed by atoms with Crippen LogP contribution >= 0.6 is 0 Å². The molecule has 0 aliphatic carbocycles. The van der Waals surface area contributed by atoms with E-state index < -0.39 is 91.1 Å². The second-order valence-corrected chi connectivity index (χ2v) is 19.9. The van der Waals surface area contributed by atoms with Gasteiger partial charge in [0.25, 0.3) is 0 Å². The maximum Gasteiger partial charge on any atom is 0.311 e. The van der Waals surface area contributed by atoms with Gasteiger partial charge in [-0.3, -0.25) is 9.79 Å². The summed E-state index contributed by atoms with van der Waals surface area (Å²) < 4.78 is 6.32. The molecule has 388 valence electrons. The summed E-state index contributed by atoms with van der Waals surface area (Å²) in [7, 11) is 0. The highest BCUT2D eigenvalue weighted by Gasteiger charge is 2.37. The van der Waals surface area contributed by atoms with Gasteiger partial charge in [-0.25, -0.2) is 0 Å². The molecule has 16 atom stereocenters. The van der Waals surface area contributed by atoms with Gasteiger partial charge in [0.05, 0.1) is 73.1 Å². The van der Waals surface area contributed by atoms with E-state index in [-0.39, 0.29) is 43.5 Å². The van der Waals surface area contributed by atoms with Crippen molar-refractivity contribution >= 4 is 11.9 Å². The molecular weight excluding hydrogens is 851 g/mol. The van der Waals surface area contributed by atoms with E-state index in [1.165, 1.54) is 6.08 Å². The molecular formula is C50H95N3O13. The fraction of sp³-hybridized carbons (Fsp3) is 0.880. The highest BCUT2D eigenvalue weighted by atomic mass is 16.5. The van der Waals surface area contributed by atoms with Gasteiger partial charge < -0.3 is 72.4 Å². The molecule has 1 rings (SSSR count). The number of ether oxygens (including phenoxy) is 1. The summed E-state index contributed by atoms with van der Waals surface area (Å²) in [6.07, 6.45) is -0.0632. The Morgan fingerprint density at radius 1 is 0.727 bits per heavy atom. The molecule has 0 aromatic heterocycles. The van der Waals surface area contributed by atoms with Crippen LogP contribution in [0.1, 0.15) is 176 Å². The van der Waals surface area contributed by atoms with Crippen LogP contribution in [0.25, 0.3) is 0 Å². The van der Waals surface area contributed by atoms with Crippen LogP contribution in [0.5, 0.6) is 0 Å². The lowest BCUT2D eigenvalue weighted by atomic mass is 9.84. The number of carbonyl (C=O) groups is 1. The van der Waals surface area contributed by atoms with E-state index in [2.05, 4.69) is 4.99 Å². The third-order valence-electron chi connectivity index (χ3n) is 13.5. The highest BCUT2D eigenvalue weighted by Crippen LogP contribution is 2.31. The molecule has 66 heavy (non-hydrogen) atoms. The number of guanidine groups is 1. The molecule has 0 aromatic carbocycles. The molecule has 0 saturated carbocycles. The first kappa shape index (κ1) is 61.8. The van der Waals surface area contributed by atoms with E-state index in [1.54, 1.807) is 6.92 Å². The second-order valence-electron chi connectivity index (χ2n) is 19.9. The van der Waals surface area contributed by atoms with E-state index in [1.807, 2.05) is 40.7 Å². The van der Waals surface area contributed by atoms with Gasteiger partial charge in [-0.2, -0.15) is 0 Å². The molecule has 0 unspecified atom stereocenters. The fourth-order valence-electron chi connectivity index (χ4n) is 9.10. The summed E-state index contributed by atoms with van der Waals surface area (Å²) in [6.45, 7) is 11.6. The number of nitrogens with zero attached hydrogens (tertiary/aromatic N) is 1. The minimum Gasteiger partial charge on any atom is -0.461 e. The van der Waals surface area contributed by atoms with Gasteiger partial charge >= 0.3 is 5.97 Å². The van der Waals surface area contributed by atoms with Crippen molar-refractivity contribution < 1.29 is 65.7 Å². The molecule has 1 aliphatic heterocycles. The normalized spacial score (nSPS) is 36.7. The summed E-state index contributed by atoms with van der Waals surface area (Å²) >= 11 is 0. The molecule has 16 nitrogen and oxygen atoms in total. The van der Waals surface area contributed by atoms with Gasteiger partial charge in [0, 0.05) is 24.8 Å². The van der Waals surface area contributed by atoms with Gasteiger partial charge in [-0.1, -0.05) is 64.7 Å². The van der Waals surface area contributed by atoms with Crippen LogP contribution in [0.4, 0.5) is 0 Å². The van der Waals surface area contributed by atoms with Crippen LogP contribution in [0.15, 0.2) is 28.3 Å². The van der Waals surface area contributed by atoms with E-state index in [9.17, 15) is 61.0 Å². The lowest BCUT2D eigenvalue weighted by molar-refractivity contribution is -0.167. The Hall–Kier alpha value is -2.22. The lowest BCUT2D eigenvalue weighted by Crippen LogP contribution is -2.42. The molecule has 0 spiro atoms. The van der Waals surface area contributed by atoms with Crippen molar-refractivity contribution in [3.05, 3.63) is 23.3 Å². The number of hydrogen-bond acceptors (Lipinski definition) is 14. The SMILES string of the molecule is CCCC[C@@H]1C(=O)O[C@@H]([C@H](C)[C@H](O)CCCN=C(N)N)[C@H](C)/C=C(\C)CCCC[C@@H](O)C[C@@H](O)C[C@H](O)C[C@@H](O)C[C@H](O)[C@H](O)/C=C(\C)[C@H](O)CCC[C@H](O)CCC[C@H](O)CC[C@@H](C)[C@H]1O. The van der Waals surface area contributed by atoms with Gasteiger partial charge in [-0.15, -0.1) is 0 Å². The summed E-state index contributed by atoms with van der Waals surface area (Å²) in [5.74, 6) is -2.50. The Labute approximate surface area is 396 Å². The smallest absolute Gasteiger partial charge is 0.311 e. The highest BCUT2D eigenvalue weighted by molar-refractivity contribution is 5.75. The summed E-state index contributed by atoms with van der Waals surface area (Å²) in [4.78, 5) is 18.2. The van der Waals surface area contributed by atoms with Crippen LogP contribution in [-0.4, -0.2) is 148 Å². The third kappa shape index (κ3) is 26.5. The Bertz CT molecular complexity index is 1380. The molecule has 0 aromatic rings. The maximum atomic E-state index is 14.2. The number of allylic oxidation sites excluding steroid dienone is 1. The van der Waals surface area contributed by atoms with Gasteiger partial charge in [0.15, 0.2) is 5.96 Å². The largest absolute Gasteiger partial charge is 0.461 e. The molecule has 0 amide bonds. The molecule has 1 heterocycles. The molecule has 0 bridgehead atoms. The Kier molecular flexibility index (Phi) is 32.0. The van der Waals surface area contributed by atoms with Crippen molar-refractivity contribution in [1.29, 1.82) is 0 Å². The van der Waals surface area contributed by atoms with E-state index in [0.29, 0.717) is 108 Å². The third-order valence-corrected chi connectivity index (χ3v) is 13.5. The van der Waals surface area contributed by atoms with Crippen molar-refractivity contribution in [2.75, 3.05) is 6.54 Å². The van der Waals surface area contributed by atoms with Crippen LogP contribution in [0, 0.1) is 23.7 Å². The van der Waals surface area contributed by atoms with Crippen molar-refractivity contribution in [2.45, 2.75) is 250 Å². The number of carbonyl (C=O) groups excluding carboxylic acids is 1. The zero-order valence-corrected chi connectivity index (χ0v) is 41.3. The molecule has 0 saturated heterocycles. The standard InChI is InChI=1S/C50H95N3O13/c1-7-8-19-42-47(64)32(3)22-23-37(55)17-11-16-36(54)18-12-20-43(60)33(4)26-45(62)46(63)30-41(59)29-40(58)28-39(57)27-38(56)15-10-9-14-31(2)25-34(5)48(66-49(42)65)35(6)44(61)21-13-24-53-50(51)52/h25-26,32,34-48,54-64H,7-24,27-30H2,1-6H3,(H4,51,52,53)/b31-25+,33-26+/t32-,34-,35-,36-,37+,38-,39-,40+,41-,42+,43-,44-,45-,46+,47-,48-/m1/s1. The summed E-state index contributed by atoms with van der Waals surface area (Å²) in [5.41, 5.74) is 12.4. The number of cyclic esters (lactones) is 1. The van der Waals surface area contributed by atoms with Crippen LogP contribution < -0.4 is 11.5 Å². The second kappa shape index (κ2) is 34.1. The maximum absolute atomic E-state index is 14.2. The van der Waals surface area contributed by atoms with E-state index >= 15 is 0 Å². The number of hydrogen-bond donors (Lipinski definition) is 13. The molecule has 1 aliphatic rings. The molecule has 0 radical (unpaired) electrons. The van der Waals surface area contributed by atoms with Gasteiger partial charge in [-0.05, 0) is 134 Å². The number of aliphatic hydroxyl groups is 11. The zero-order chi connectivity index (χ0) is 49.9. The first-order valence-corrected chi connectivity index (χ1v) is 25.2. The number of aliphatic imine (C=N–C) groups is 1. The first-order chi connectivity index (χ1) is 31.0. The lowest BCUT2D eigenvalue weighted by Gasteiger charge is -2.34. The number of esters is 1. The number of rotatable bonds is 9. The van der Waals surface area contributed by atoms with Crippen LogP contribution in [0.2, 0.25) is 0 Å². The van der Waals surface area contributed by atoms with Crippen LogP contribution in [-0.2, 0) is 9.53 Å². The minimum atomic E-state index is -1.38. The monoisotopic (exact) mass is 946 g/mol. The fourth-order valence-corrected chi connectivity index (χ4v) is 9.10. The van der Waals surface area contributed by atoms with Crippen molar-refractivity contribution in [1.82, 2.24) is 0 Å². The topological polar surface area (TPSA) is 313 Å². The number of nitrogens with two attached hydrogens (primary N) is 2. The molecule has 15 N–H and O–H groups in total. The Morgan fingerprint density at radius 3 is 1.89 bits per heavy atom. The van der Waals surface area contributed by atoms with Crippen molar-refractivity contribution in [2.24, 2.45) is 40.1 Å². The average Bonchev–Trinajstić information content (AvgIpc) is 3.23. The molecule has 0 fully saturated rings. The average molecular weight is 946 g/mol. The van der Waals surface area contributed by atoms with E-state index in [4.69, 9.17) is 16.2 Å². The summed E-state index contributed by atoms with van der Waals surface area (Å²) in [5, 5.41) is 119. The molecule has 16 heteroatoms. The Balaban J connectivity index is 3.28. The quantitative estimate of drug-likeness (QED) is 0.0515. The number of aliphatic hydroxyl groups excluding tert-OH is 11. The number of unbranched alkanes of at least 4 members (excludes halogenated alkanes) is 1. The Morgan fingerprint density at radius 2 is 1.29 bits per heavy atom. The predicted octanol–water partition coefficient (Wildman–Crippen LogP) is 3.78. The van der Waals surface area contributed by atoms with Crippen LogP contribution in [0.3, 0.4) is 0 Å².